The maximum atomic E-state index is 14.5. The van der Waals surface area contributed by atoms with E-state index in [-0.39, 0.29) is 31.1 Å². The van der Waals surface area contributed by atoms with E-state index in [1.165, 1.54) is 13.8 Å². The second kappa shape index (κ2) is 11.7. The Morgan fingerprint density at radius 3 is 2.34 bits per heavy atom. The maximum Gasteiger partial charge on any atom is 0.408 e. The molecule has 11 heteroatoms. The third-order valence-corrected chi connectivity index (χ3v) is 6.05. The zero-order valence-corrected chi connectivity index (χ0v) is 21.2. The summed E-state index contributed by atoms with van der Waals surface area (Å²) >= 11 is 0. The second-order valence-corrected chi connectivity index (χ2v) is 11.0. The fourth-order valence-corrected chi connectivity index (χ4v) is 4.43. The van der Waals surface area contributed by atoms with E-state index < -0.39 is 53.2 Å². The zero-order valence-electron chi connectivity index (χ0n) is 21.2. The van der Waals surface area contributed by atoms with Gasteiger partial charge >= 0.3 is 6.09 Å². The molecule has 4 N–H and O–H groups in total. The number of rotatable bonds is 3. The minimum Gasteiger partial charge on any atom is -0.444 e. The van der Waals surface area contributed by atoms with Gasteiger partial charge in [-0.05, 0) is 59.8 Å². The molecule has 5 atom stereocenters. The van der Waals surface area contributed by atoms with Gasteiger partial charge in [0, 0.05) is 18.9 Å². The molecule has 196 valence electrons. The van der Waals surface area contributed by atoms with Crippen LogP contribution in [0, 0.1) is 23.2 Å². The van der Waals surface area contributed by atoms with Crippen LogP contribution in [0.5, 0.6) is 0 Å². The molecule has 0 radical (unpaired) electrons. The van der Waals surface area contributed by atoms with Crippen LogP contribution in [0.25, 0.3) is 0 Å². The molecule has 0 aliphatic carbocycles. The summed E-state index contributed by atoms with van der Waals surface area (Å²) < 4.78 is 19.8. The third-order valence-electron chi connectivity index (χ3n) is 6.05. The van der Waals surface area contributed by atoms with Crippen LogP contribution in [0.15, 0.2) is 0 Å². The lowest BCUT2D eigenvalue weighted by atomic mass is 9.85. The molecule has 0 aromatic rings. The molecule has 10 nitrogen and oxygen atoms in total. The SMILES string of the molecule is CC(C)(F)C[C@@H]1NC(=O)[C@@H](NC(=O)OC(C)(C)C)CCCC[C@H]2CNC(=O)[C@H]2C[C@@H](C#N)NC1=O. The van der Waals surface area contributed by atoms with Crippen molar-refractivity contribution in [1.82, 2.24) is 21.3 Å². The van der Waals surface area contributed by atoms with E-state index >= 15 is 0 Å². The van der Waals surface area contributed by atoms with Gasteiger partial charge in [0.05, 0.1) is 6.07 Å². The summed E-state index contributed by atoms with van der Waals surface area (Å²) in [6, 6.07) is -1.25. The number of amides is 4. The normalized spacial score (nSPS) is 28.9. The van der Waals surface area contributed by atoms with E-state index in [2.05, 4.69) is 21.3 Å². The number of alkyl carbamates (subject to hydrolysis) is 1. The number of carbonyl (C=O) groups excluding carboxylic acids is 4. The smallest absolute Gasteiger partial charge is 0.408 e. The summed E-state index contributed by atoms with van der Waals surface area (Å²) in [6.07, 6.45) is 1.25. The van der Waals surface area contributed by atoms with Crippen molar-refractivity contribution < 1.29 is 28.3 Å². The van der Waals surface area contributed by atoms with Gasteiger partial charge in [0.25, 0.3) is 0 Å². The molecule has 0 spiro atoms. The van der Waals surface area contributed by atoms with Crippen molar-refractivity contribution in [2.75, 3.05) is 6.54 Å². The Labute approximate surface area is 206 Å². The number of nitrogens with one attached hydrogen (secondary N) is 4. The standard InChI is InChI=1S/C24H38FN5O5/c1-23(2,3)35-22(34)30-17-9-7-6-8-14-13-27-19(31)16(14)10-15(12-26)28-21(33)18(29-20(17)32)11-24(4,5)25/h14-18H,6-11,13H2,1-5H3,(H,27,31)(H,28,33)(H,29,32)(H,30,34)/t14-,15-,16-,17-,18-/m0/s1. The molecule has 35 heavy (non-hydrogen) atoms. The number of fused-ring (bicyclic) bond motifs is 1. The van der Waals surface area contributed by atoms with Crippen LogP contribution in [-0.2, 0) is 19.1 Å². The summed E-state index contributed by atoms with van der Waals surface area (Å²) in [5.41, 5.74) is -2.57. The lowest BCUT2D eigenvalue weighted by molar-refractivity contribution is -0.131. The van der Waals surface area contributed by atoms with Crippen LogP contribution in [0.3, 0.4) is 0 Å². The first-order chi connectivity index (χ1) is 16.2. The Kier molecular flexibility index (Phi) is 9.46. The first-order valence-electron chi connectivity index (χ1n) is 12.1. The Morgan fingerprint density at radius 1 is 1.09 bits per heavy atom. The van der Waals surface area contributed by atoms with E-state index in [4.69, 9.17) is 4.74 Å². The van der Waals surface area contributed by atoms with Crippen molar-refractivity contribution in [3.63, 3.8) is 0 Å². The minimum atomic E-state index is -1.80. The van der Waals surface area contributed by atoms with E-state index in [1.54, 1.807) is 20.8 Å². The molecule has 2 heterocycles. The molecular weight excluding hydrogens is 457 g/mol. The molecule has 2 fully saturated rings. The van der Waals surface area contributed by atoms with E-state index in [0.29, 0.717) is 25.8 Å². The molecular formula is C24H38FN5O5. The van der Waals surface area contributed by atoms with Gasteiger partial charge in [-0.3, -0.25) is 14.4 Å². The Hall–Kier alpha value is -2.90. The fourth-order valence-electron chi connectivity index (χ4n) is 4.43. The van der Waals surface area contributed by atoms with Gasteiger partial charge in [0.2, 0.25) is 17.7 Å². The lowest BCUT2D eigenvalue weighted by Crippen LogP contribution is -2.56. The number of carbonyl (C=O) groups is 4. The first-order valence-corrected chi connectivity index (χ1v) is 12.1. The topological polar surface area (TPSA) is 149 Å². The average molecular weight is 496 g/mol. The summed E-state index contributed by atoms with van der Waals surface area (Å²) in [5.74, 6) is -1.95. The molecule has 0 aromatic carbocycles. The Bertz CT molecular complexity index is 845. The van der Waals surface area contributed by atoms with Gasteiger partial charge in [-0.2, -0.15) is 5.26 Å². The average Bonchev–Trinajstić information content (AvgIpc) is 3.05. The highest BCUT2D eigenvalue weighted by atomic mass is 19.1. The molecule has 0 unspecified atom stereocenters. The summed E-state index contributed by atoms with van der Waals surface area (Å²) in [5, 5.41) is 20.1. The van der Waals surface area contributed by atoms with Gasteiger partial charge in [-0.1, -0.05) is 12.8 Å². The highest BCUT2D eigenvalue weighted by Gasteiger charge is 2.38. The van der Waals surface area contributed by atoms with Crippen molar-refractivity contribution in [1.29, 1.82) is 5.26 Å². The molecule has 0 bridgehead atoms. The van der Waals surface area contributed by atoms with E-state index in [1.807, 2.05) is 6.07 Å². The summed E-state index contributed by atoms with van der Waals surface area (Å²) in [6.45, 7) is 8.13. The van der Waals surface area contributed by atoms with Gasteiger partial charge in [0.1, 0.15) is 29.4 Å². The molecule has 4 amide bonds. The van der Waals surface area contributed by atoms with Crippen LogP contribution in [0.1, 0.15) is 73.1 Å². The van der Waals surface area contributed by atoms with Crippen LogP contribution >= 0.6 is 0 Å². The molecule has 2 aliphatic heterocycles. The number of hydrogen-bond acceptors (Lipinski definition) is 6. The van der Waals surface area contributed by atoms with Crippen LogP contribution in [0.2, 0.25) is 0 Å². The first kappa shape index (κ1) is 28.3. The summed E-state index contributed by atoms with van der Waals surface area (Å²) in [7, 11) is 0. The van der Waals surface area contributed by atoms with Crippen molar-refractivity contribution in [3.05, 3.63) is 0 Å². The van der Waals surface area contributed by atoms with Crippen molar-refractivity contribution in [3.8, 4) is 6.07 Å². The number of nitriles is 1. The van der Waals surface area contributed by atoms with E-state index in [0.717, 1.165) is 0 Å². The van der Waals surface area contributed by atoms with Gasteiger partial charge in [-0.25, -0.2) is 9.18 Å². The fraction of sp³-hybridized carbons (Fsp3) is 0.792. The Morgan fingerprint density at radius 2 is 1.74 bits per heavy atom. The quantitative estimate of drug-likeness (QED) is 0.469. The second-order valence-electron chi connectivity index (χ2n) is 11.0. The van der Waals surface area contributed by atoms with Crippen molar-refractivity contribution in [2.24, 2.45) is 11.8 Å². The predicted molar refractivity (Wildman–Crippen MR) is 126 cm³/mol. The number of hydrogen-bond donors (Lipinski definition) is 4. The zero-order chi connectivity index (χ0) is 26.4. The monoisotopic (exact) mass is 495 g/mol. The number of alkyl halides is 1. The van der Waals surface area contributed by atoms with E-state index in [9.17, 15) is 28.8 Å². The van der Waals surface area contributed by atoms with Crippen molar-refractivity contribution in [2.45, 2.75) is 103 Å². The minimum absolute atomic E-state index is 0.00939. The van der Waals surface area contributed by atoms with Gasteiger partial charge in [-0.15, -0.1) is 0 Å². The van der Waals surface area contributed by atoms with Crippen LogP contribution in [0.4, 0.5) is 9.18 Å². The summed E-state index contributed by atoms with van der Waals surface area (Å²) in [4.78, 5) is 50.8. The third kappa shape index (κ3) is 9.34. The number of halogens is 1. The molecule has 2 rings (SSSR count). The maximum absolute atomic E-state index is 14.5. The molecule has 0 aromatic heterocycles. The van der Waals surface area contributed by atoms with Crippen LogP contribution in [-0.4, -0.2) is 59.8 Å². The number of nitrogens with zero attached hydrogens (tertiary/aromatic N) is 1. The highest BCUT2D eigenvalue weighted by molar-refractivity contribution is 5.91. The molecule has 2 aliphatic rings. The largest absolute Gasteiger partial charge is 0.444 e. The lowest BCUT2D eigenvalue weighted by Gasteiger charge is -2.29. The van der Waals surface area contributed by atoms with Crippen LogP contribution < -0.4 is 21.3 Å². The predicted octanol–water partition coefficient (Wildman–Crippen LogP) is 1.84. The number of ether oxygens (including phenoxy) is 1. The van der Waals surface area contributed by atoms with Gasteiger partial charge < -0.3 is 26.0 Å². The Balaban J connectivity index is 2.29. The van der Waals surface area contributed by atoms with Gasteiger partial charge in [0.15, 0.2) is 0 Å². The molecule has 0 saturated carbocycles. The highest BCUT2D eigenvalue weighted by Crippen LogP contribution is 2.28. The van der Waals surface area contributed by atoms with Crippen molar-refractivity contribution >= 4 is 23.8 Å². The molecule has 2 saturated heterocycles.